The molecule has 0 fully saturated rings. The van der Waals surface area contributed by atoms with Crippen molar-refractivity contribution in [1.29, 1.82) is 0 Å². The first-order valence-corrected chi connectivity index (χ1v) is 9.70. The smallest absolute Gasteiger partial charge is 0.257 e. The van der Waals surface area contributed by atoms with Gasteiger partial charge in [-0.15, -0.1) is 0 Å². The van der Waals surface area contributed by atoms with Gasteiger partial charge in [-0.05, 0) is 73.4 Å². The van der Waals surface area contributed by atoms with Gasteiger partial charge in [0.2, 0.25) is 5.96 Å². The molecule has 1 aromatic heterocycles. The van der Waals surface area contributed by atoms with E-state index in [9.17, 15) is 4.79 Å². The van der Waals surface area contributed by atoms with Crippen molar-refractivity contribution in [2.75, 3.05) is 12.4 Å². The number of benzene rings is 2. The van der Waals surface area contributed by atoms with Gasteiger partial charge in [-0.25, -0.2) is 4.99 Å². The van der Waals surface area contributed by atoms with Crippen LogP contribution in [0, 0.1) is 20.8 Å². The van der Waals surface area contributed by atoms with Gasteiger partial charge >= 0.3 is 0 Å². The maximum atomic E-state index is 12.9. The Kier molecular flexibility index (Phi) is 6.80. The first-order chi connectivity index (χ1) is 14.5. The third-order valence-electron chi connectivity index (χ3n) is 4.75. The van der Waals surface area contributed by atoms with Crippen LogP contribution in [0.2, 0.25) is 0 Å². The fraction of sp³-hybridized carbons (Fsp3) is 0.208. The van der Waals surface area contributed by atoms with Crippen LogP contribution in [0.5, 0.6) is 5.75 Å². The average Bonchev–Trinajstić information content (AvgIpc) is 2.75. The summed E-state index contributed by atoms with van der Waals surface area (Å²) in [6, 6.07) is 15.2. The highest BCUT2D eigenvalue weighted by Crippen LogP contribution is 2.25. The van der Waals surface area contributed by atoms with Crippen molar-refractivity contribution in [2.24, 2.45) is 4.99 Å². The van der Waals surface area contributed by atoms with Gasteiger partial charge in [0, 0.05) is 18.0 Å². The number of aliphatic imine (C=N–C) groups is 1. The number of hydrogen-bond acceptors (Lipinski definition) is 4. The molecule has 2 N–H and O–H groups in total. The molecular weight excluding hydrogens is 376 g/mol. The Morgan fingerprint density at radius 2 is 1.90 bits per heavy atom. The molecule has 0 radical (unpaired) electrons. The van der Waals surface area contributed by atoms with Crippen molar-refractivity contribution >= 4 is 17.6 Å². The Morgan fingerprint density at radius 1 is 1.07 bits per heavy atom. The molecule has 0 aliphatic rings. The quantitative estimate of drug-likeness (QED) is 0.489. The van der Waals surface area contributed by atoms with Crippen molar-refractivity contribution in [2.45, 2.75) is 27.3 Å². The van der Waals surface area contributed by atoms with Gasteiger partial charge in [0.1, 0.15) is 5.75 Å². The van der Waals surface area contributed by atoms with Crippen molar-refractivity contribution in [3.05, 3.63) is 88.7 Å². The lowest BCUT2D eigenvalue weighted by Crippen LogP contribution is -2.36. The number of carbonyl (C=O) groups is 1. The van der Waals surface area contributed by atoms with E-state index in [2.05, 4.69) is 20.6 Å². The summed E-state index contributed by atoms with van der Waals surface area (Å²) in [6.07, 6.45) is 3.46. The maximum absolute atomic E-state index is 12.9. The summed E-state index contributed by atoms with van der Waals surface area (Å²) in [5, 5.41) is 6.10. The predicted molar refractivity (Wildman–Crippen MR) is 120 cm³/mol. The first kappa shape index (κ1) is 21.0. The summed E-state index contributed by atoms with van der Waals surface area (Å²) in [5.74, 6) is 0.767. The van der Waals surface area contributed by atoms with Crippen LogP contribution in [0.25, 0.3) is 0 Å². The van der Waals surface area contributed by atoms with E-state index >= 15 is 0 Å². The standard InChI is InChI=1S/C24H26N4O2/c1-16-7-10-22(30-4)21(12-16)27-24(26-15-19-6-5-11-25-14-19)28-23(29)20-9-8-17(2)18(3)13-20/h5-14H,15H2,1-4H3,(H2,26,27,28,29). The van der Waals surface area contributed by atoms with E-state index in [1.807, 2.05) is 69.3 Å². The fourth-order valence-corrected chi connectivity index (χ4v) is 2.88. The third kappa shape index (κ3) is 5.44. The summed E-state index contributed by atoms with van der Waals surface area (Å²) < 4.78 is 5.44. The Hall–Kier alpha value is -3.67. The molecule has 154 valence electrons. The summed E-state index contributed by atoms with van der Waals surface area (Å²) >= 11 is 0. The average molecular weight is 402 g/mol. The molecular formula is C24H26N4O2. The number of guanidine groups is 1. The second-order valence-electron chi connectivity index (χ2n) is 7.11. The van der Waals surface area contributed by atoms with Crippen LogP contribution in [0.3, 0.4) is 0 Å². The third-order valence-corrected chi connectivity index (χ3v) is 4.75. The van der Waals surface area contributed by atoms with E-state index in [4.69, 9.17) is 4.74 Å². The summed E-state index contributed by atoms with van der Waals surface area (Å²) in [7, 11) is 1.61. The number of rotatable bonds is 5. The van der Waals surface area contributed by atoms with Gasteiger partial charge in [-0.2, -0.15) is 0 Å². The highest BCUT2D eigenvalue weighted by Gasteiger charge is 2.12. The highest BCUT2D eigenvalue weighted by atomic mass is 16.5. The topological polar surface area (TPSA) is 75.6 Å². The molecule has 0 bridgehead atoms. The molecule has 0 unspecified atom stereocenters. The first-order valence-electron chi connectivity index (χ1n) is 9.70. The lowest BCUT2D eigenvalue weighted by molar-refractivity contribution is 0.0977. The van der Waals surface area contributed by atoms with Crippen LogP contribution in [0.1, 0.15) is 32.6 Å². The van der Waals surface area contributed by atoms with Gasteiger partial charge in [0.15, 0.2) is 0 Å². The summed E-state index contributed by atoms with van der Waals surface area (Å²) in [6.45, 7) is 6.37. The van der Waals surface area contributed by atoms with E-state index in [-0.39, 0.29) is 5.91 Å². The van der Waals surface area contributed by atoms with Crippen molar-refractivity contribution < 1.29 is 9.53 Å². The molecule has 6 nitrogen and oxygen atoms in total. The number of amides is 1. The number of methoxy groups -OCH3 is 1. The van der Waals surface area contributed by atoms with Crippen LogP contribution in [-0.2, 0) is 6.54 Å². The van der Waals surface area contributed by atoms with E-state index in [0.29, 0.717) is 23.8 Å². The molecule has 0 aliphatic carbocycles. The molecule has 1 heterocycles. The molecule has 0 atom stereocenters. The number of carbonyl (C=O) groups excluding carboxylic acids is 1. The minimum absolute atomic E-state index is 0.234. The van der Waals surface area contributed by atoms with Gasteiger partial charge in [-0.1, -0.05) is 18.2 Å². The number of pyridine rings is 1. The molecule has 0 aliphatic heterocycles. The number of anilines is 1. The Balaban J connectivity index is 1.88. The van der Waals surface area contributed by atoms with Crippen LogP contribution in [0.4, 0.5) is 5.69 Å². The van der Waals surface area contributed by atoms with Crippen LogP contribution in [0.15, 0.2) is 65.9 Å². The van der Waals surface area contributed by atoms with Crippen LogP contribution in [-0.4, -0.2) is 24.0 Å². The molecule has 2 aromatic carbocycles. The summed E-state index contributed by atoms with van der Waals surface area (Å²) in [5.41, 5.74) is 5.50. The number of ether oxygens (including phenoxy) is 1. The number of nitrogens with one attached hydrogen (secondary N) is 2. The van der Waals surface area contributed by atoms with Gasteiger partial charge < -0.3 is 10.1 Å². The van der Waals surface area contributed by atoms with E-state index in [1.165, 1.54) is 0 Å². The molecule has 6 heteroatoms. The second kappa shape index (κ2) is 9.69. The molecule has 30 heavy (non-hydrogen) atoms. The molecule has 3 aromatic rings. The predicted octanol–water partition coefficient (Wildman–Crippen LogP) is 4.41. The SMILES string of the molecule is COc1ccc(C)cc1NC(=NCc1cccnc1)NC(=O)c1ccc(C)c(C)c1. The lowest BCUT2D eigenvalue weighted by Gasteiger charge is -2.15. The fourth-order valence-electron chi connectivity index (χ4n) is 2.88. The lowest BCUT2D eigenvalue weighted by atomic mass is 10.1. The normalized spacial score (nSPS) is 11.1. The van der Waals surface area contributed by atoms with Crippen LogP contribution >= 0.6 is 0 Å². The monoisotopic (exact) mass is 402 g/mol. The number of hydrogen-bond donors (Lipinski definition) is 2. The van der Waals surface area contributed by atoms with Gasteiger partial charge in [-0.3, -0.25) is 15.1 Å². The zero-order chi connectivity index (χ0) is 21.5. The second-order valence-corrected chi connectivity index (χ2v) is 7.11. The number of aromatic nitrogens is 1. The van der Waals surface area contributed by atoms with Gasteiger partial charge in [0.25, 0.3) is 5.91 Å². The van der Waals surface area contributed by atoms with Crippen molar-refractivity contribution in [3.63, 3.8) is 0 Å². The Morgan fingerprint density at radius 3 is 2.60 bits per heavy atom. The zero-order valence-corrected chi connectivity index (χ0v) is 17.7. The molecule has 0 saturated carbocycles. The molecule has 0 saturated heterocycles. The number of nitrogens with zero attached hydrogens (tertiary/aromatic N) is 2. The number of aryl methyl sites for hydroxylation is 3. The van der Waals surface area contributed by atoms with E-state index in [0.717, 1.165) is 27.9 Å². The zero-order valence-electron chi connectivity index (χ0n) is 17.7. The summed E-state index contributed by atoms with van der Waals surface area (Å²) in [4.78, 5) is 21.6. The van der Waals surface area contributed by atoms with Gasteiger partial charge in [0.05, 0.1) is 19.3 Å². The minimum Gasteiger partial charge on any atom is -0.495 e. The molecule has 1 amide bonds. The van der Waals surface area contributed by atoms with Crippen LogP contribution < -0.4 is 15.4 Å². The largest absolute Gasteiger partial charge is 0.495 e. The molecule has 0 spiro atoms. The van der Waals surface area contributed by atoms with Crippen molar-refractivity contribution in [3.8, 4) is 5.75 Å². The highest BCUT2D eigenvalue weighted by molar-refractivity contribution is 6.10. The molecule has 3 rings (SSSR count). The van der Waals surface area contributed by atoms with E-state index in [1.54, 1.807) is 19.5 Å². The minimum atomic E-state index is -0.234. The van der Waals surface area contributed by atoms with Crippen molar-refractivity contribution in [1.82, 2.24) is 10.3 Å². The maximum Gasteiger partial charge on any atom is 0.257 e. The van der Waals surface area contributed by atoms with E-state index < -0.39 is 0 Å². The Bertz CT molecular complexity index is 1060. The Labute approximate surface area is 177 Å².